The SMILES string of the molecule is CN(C)C1CCCN(c2ccc(C#N)c(Br)c2)C1. The van der Waals surface area contributed by atoms with Gasteiger partial charge in [-0.05, 0) is 61.1 Å². The lowest BCUT2D eigenvalue weighted by Gasteiger charge is -2.37. The first-order valence-corrected chi connectivity index (χ1v) is 7.02. The first-order valence-electron chi connectivity index (χ1n) is 6.23. The van der Waals surface area contributed by atoms with Crippen LogP contribution >= 0.6 is 15.9 Å². The van der Waals surface area contributed by atoms with Gasteiger partial charge in [-0.3, -0.25) is 0 Å². The zero-order valence-electron chi connectivity index (χ0n) is 10.9. The number of likely N-dealkylation sites (N-methyl/N-ethyl adjacent to an activating group) is 1. The molecule has 0 saturated carbocycles. The molecule has 18 heavy (non-hydrogen) atoms. The van der Waals surface area contributed by atoms with Crippen LogP contribution in [0.1, 0.15) is 18.4 Å². The first kappa shape index (κ1) is 13.4. The summed E-state index contributed by atoms with van der Waals surface area (Å²) in [7, 11) is 4.28. The van der Waals surface area contributed by atoms with Gasteiger partial charge in [0, 0.05) is 29.3 Å². The zero-order valence-corrected chi connectivity index (χ0v) is 12.4. The molecule has 0 N–H and O–H groups in total. The molecule has 1 aromatic rings. The van der Waals surface area contributed by atoms with Crippen molar-refractivity contribution in [3.05, 3.63) is 28.2 Å². The molecule has 4 heteroatoms. The molecule has 96 valence electrons. The van der Waals surface area contributed by atoms with Crippen molar-refractivity contribution in [1.29, 1.82) is 5.26 Å². The molecule has 1 fully saturated rings. The number of anilines is 1. The average Bonchev–Trinajstić information content (AvgIpc) is 2.38. The fraction of sp³-hybridized carbons (Fsp3) is 0.500. The third-order valence-electron chi connectivity index (χ3n) is 3.57. The monoisotopic (exact) mass is 307 g/mol. The molecule has 0 aliphatic carbocycles. The van der Waals surface area contributed by atoms with Gasteiger partial charge in [0.25, 0.3) is 0 Å². The lowest BCUT2D eigenvalue weighted by molar-refractivity contribution is 0.258. The molecule has 3 nitrogen and oxygen atoms in total. The molecule has 1 heterocycles. The molecule has 1 saturated heterocycles. The van der Waals surface area contributed by atoms with Gasteiger partial charge in [-0.1, -0.05) is 0 Å². The van der Waals surface area contributed by atoms with Crippen molar-refractivity contribution < 1.29 is 0 Å². The second-order valence-electron chi connectivity index (χ2n) is 4.98. The maximum absolute atomic E-state index is 8.93. The molecule has 2 rings (SSSR count). The van der Waals surface area contributed by atoms with E-state index < -0.39 is 0 Å². The Bertz CT molecular complexity index is 465. The zero-order chi connectivity index (χ0) is 13.1. The third-order valence-corrected chi connectivity index (χ3v) is 4.22. The van der Waals surface area contributed by atoms with E-state index in [1.165, 1.54) is 18.5 Å². The van der Waals surface area contributed by atoms with E-state index in [1.807, 2.05) is 12.1 Å². The van der Waals surface area contributed by atoms with E-state index >= 15 is 0 Å². The summed E-state index contributed by atoms with van der Waals surface area (Å²) in [5, 5.41) is 8.93. The van der Waals surface area contributed by atoms with E-state index in [1.54, 1.807) is 0 Å². The highest BCUT2D eigenvalue weighted by molar-refractivity contribution is 9.10. The van der Waals surface area contributed by atoms with Crippen LogP contribution in [0.15, 0.2) is 22.7 Å². The smallest absolute Gasteiger partial charge is 0.100 e. The van der Waals surface area contributed by atoms with Crippen molar-refractivity contribution in [2.45, 2.75) is 18.9 Å². The molecule has 1 aromatic carbocycles. The molecule has 0 aromatic heterocycles. The standard InChI is InChI=1S/C14H18BrN3/c1-17(2)13-4-3-7-18(10-13)12-6-5-11(9-16)14(15)8-12/h5-6,8,13H,3-4,7,10H2,1-2H3. The van der Waals surface area contributed by atoms with Crippen LogP contribution in [0.4, 0.5) is 5.69 Å². The van der Waals surface area contributed by atoms with Crippen molar-refractivity contribution in [3.63, 3.8) is 0 Å². The maximum Gasteiger partial charge on any atom is 0.100 e. The number of rotatable bonds is 2. The quantitative estimate of drug-likeness (QED) is 0.841. The van der Waals surface area contributed by atoms with E-state index in [-0.39, 0.29) is 0 Å². The number of nitriles is 1. The largest absolute Gasteiger partial charge is 0.370 e. The van der Waals surface area contributed by atoms with E-state index in [9.17, 15) is 0 Å². The second kappa shape index (κ2) is 5.73. The van der Waals surface area contributed by atoms with Crippen LogP contribution in [0.3, 0.4) is 0 Å². The fourth-order valence-electron chi connectivity index (χ4n) is 2.40. The molecular formula is C14H18BrN3. The number of hydrogen-bond donors (Lipinski definition) is 0. The number of halogens is 1. The Morgan fingerprint density at radius 3 is 2.83 bits per heavy atom. The van der Waals surface area contributed by atoms with Gasteiger partial charge in [0.05, 0.1) is 5.56 Å². The van der Waals surface area contributed by atoms with Gasteiger partial charge in [0.1, 0.15) is 6.07 Å². The predicted molar refractivity (Wildman–Crippen MR) is 77.8 cm³/mol. The summed E-state index contributed by atoms with van der Waals surface area (Å²) in [5.41, 5.74) is 1.90. The Balaban J connectivity index is 2.16. The summed E-state index contributed by atoms with van der Waals surface area (Å²) in [5.74, 6) is 0. The Kier molecular flexibility index (Phi) is 4.26. The Morgan fingerprint density at radius 2 is 2.22 bits per heavy atom. The summed E-state index contributed by atoms with van der Waals surface area (Å²) < 4.78 is 0.884. The maximum atomic E-state index is 8.93. The fourth-order valence-corrected chi connectivity index (χ4v) is 2.86. The summed E-state index contributed by atoms with van der Waals surface area (Å²) >= 11 is 3.46. The molecule has 1 unspecified atom stereocenters. The van der Waals surface area contributed by atoms with Crippen LogP contribution in [0, 0.1) is 11.3 Å². The van der Waals surface area contributed by atoms with E-state index in [0.29, 0.717) is 11.6 Å². The molecule has 0 spiro atoms. The lowest BCUT2D eigenvalue weighted by atomic mass is 10.0. The molecule has 0 radical (unpaired) electrons. The molecule has 0 amide bonds. The summed E-state index contributed by atoms with van der Waals surface area (Å²) in [6.45, 7) is 2.16. The van der Waals surface area contributed by atoms with Crippen molar-refractivity contribution in [3.8, 4) is 6.07 Å². The van der Waals surface area contributed by atoms with Crippen LogP contribution in [0.5, 0.6) is 0 Å². The van der Waals surface area contributed by atoms with E-state index in [2.05, 4.69) is 52.0 Å². The average molecular weight is 308 g/mol. The minimum Gasteiger partial charge on any atom is -0.370 e. The van der Waals surface area contributed by atoms with Gasteiger partial charge in [-0.2, -0.15) is 5.26 Å². The normalized spacial score (nSPS) is 19.9. The van der Waals surface area contributed by atoms with Crippen molar-refractivity contribution in [2.24, 2.45) is 0 Å². The molecule has 1 atom stereocenters. The van der Waals surface area contributed by atoms with Crippen molar-refractivity contribution in [1.82, 2.24) is 4.90 Å². The van der Waals surface area contributed by atoms with Crippen LogP contribution in [0.25, 0.3) is 0 Å². The third kappa shape index (κ3) is 2.85. The molecule has 0 bridgehead atoms. The summed E-state index contributed by atoms with van der Waals surface area (Å²) in [6, 6.07) is 8.78. The number of hydrogen-bond acceptors (Lipinski definition) is 3. The topological polar surface area (TPSA) is 30.3 Å². The lowest BCUT2D eigenvalue weighted by Crippen LogP contribution is -2.45. The number of nitrogens with zero attached hydrogens (tertiary/aromatic N) is 3. The number of piperidine rings is 1. The van der Waals surface area contributed by atoms with Crippen molar-refractivity contribution >= 4 is 21.6 Å². The van der Waals surface area contributed by atoms with Crippen LogP contribution < -0.4 is 4.90 Å². The highest BCUT2D eigenvalue weighted by atomic mass is 79.9. The van der Waals surface area contributed by atoms with E-state index in [0.717, 1.165) is 17.6 Å². The second-order valence-corrected chi connectivity index (χ2v) is 5.84. The highest BCUT2D eigenvalue weighted by Crippen LogP contribution is 2.26. The minimum atomic E-state index is 0.619. The van der Waals surface area contributed by atoms with Gasteiger partial charge in [0.2, 0.25) is 0 Å². The van der Waals surface area contributed by atoms with Gasteiger partial charge in [-0.15, -0.1) is 0 Å². The van der Waals surface area contributed by atoms with Crippen LogP contribution in [0.2, 0.25) is 0 Å². The van der Waals surface area contributed by atoms with Gasteiger partial charge in [0.15, 0.2) is 0 Å². The number of benzene rings is 1. The van der Waals surface area contributed by atoms with E-state index in [4.69, 9.17) is 5.26 Å². The minimum absolute atomic E-state index is 0.619. The van der Waals surface area contributed by atoms with Crippen molar-refractivity contribution in [2.75, 3.05) is 32.1 Å². The summed E-state index contributed by atoms with van der Waals surface area (Å²) in [4.78, 5) is 4.70. The molecule has 1 aliphatic heterocycles. The van der Waals surface area contributed by atoms with Gasteiger partial charge >= 0.3 is 0 Å². The highest BCUT2D eigenvalue weighted by Gasteiger charge is 2.21. The molecule has 1 aliphatic rings. The molecular weight excluding hydrogens is 290 g/mol. The van der Waals surface area contributed by atoms with Gasteiger partial charge < -0.3 is 9.80 Å². The van der Waals surface area contributed by atoms with Gasteiger partial charge in [-0.25, -0.2) is 0 Å². The Hall–Kier alpha value is -1.05. The Labute approximate surface area is 117 Å². The Morgan fingerprint density at radius 1 is 1.44 bits per heavy atom. The summed E-state index contributed by atoms with van der Waals surface area (Å²) in [6.07, 6.45) is 2.49. The van der Waals surface area contributed by atoms with Crippen LogP contribution in [-0.4, -0.2) is 38.1 Å². The predicted octanol–water partition coefficient (Wildman–Crippen LogP) is 2.85. The first-order chi connectivity index (χ1) is 8.61. The van der Waals surface area contributed by atoms with Crippen LogP contribution in [-0.2, 0) is 0 Å².